The fourth-order valence-corrected chi connectivity index (χ4v) is 3.92. The second-order valence-corrected chi connectivity index (χ2v) is 7.86. The summed E-state index contributed by atoms with van der Waals surface area (Å²) in [6.45, 7) is 1.24. The lowest BCUT2D eigenvalue weighted by Crippen LogP contribution is -2.40. The fourth-order valence-electron chi connectivity index (χ4n) is 3.92. The minimum atomic E-state index is -0.861. The number of cyclic esters (lactones) is 1. The lowest BCUT2D eigenvalue weighted by Gasteiger charge is -2.25. The molecule has 2 saturated heterocycles. The van der Waals surface area contributed by atoms with E-state index in [2.05, 4.69) is 30.7 Å². The third-order valence-corrected chi connectivity index (χ3v) is 5.56. The number of carbonyl (C=O) groups is 2. The van der Waals surface area contributed by atoms with Gasteiger partial charge in [0.05, 0.1) is 31.5 Å². The van der Waals surface area contributed by atoms with Crippen molar-refractivity contribution in [3.63, 3.8) is 0 Å². The minimum absolute atomic E-state index is 0.0401. The zero-order valence-electron chi connectivity index (χ0n) is 18.3. The average molecular weight is 489 g/mol. The number of anilines is 3. The van der Waals surface area contributed by atoms with Crippen molar-refractivity contribution in [1.29, 1.82) is 0 Å². The maximum absolute atomic E-state index is 15.1. The van der Waals surface area contributed by atoms with Crippen LogP contribution >= 0.6 is 0 Å². The number of urea groups is 1. The summed E-state index contributed by atoms with van der Waals surface area (Å²) in [5, 5.41) is 15.0. The van der Waals surface area contributed by atoms with Crippen LogP contribution in [-0.4, -0.2) is 76.0 Å². The van der Waals surface area contributed by atoms with Gasteiger partial charge in [0.1, 0.15) is 18.1 Å². The van der Waals surface area contributed by atoms with Crippen molar-refractivity contribution in [2.24, 2.45) is 0 Å². The first kappa shape index (κ1) is 22.5. The van der Waals surface area contributed by atoms with E-state index < -0.39 is 29.9 Å². The molecule has 1 aromatic carbocycles. The molecule has 184 valence electrons. The van der Waals surface area contributed by atoms with Crippen molar-refractivity contribution in [2.75, 3.05) is 47.9 Å². The molecular formula is C20H21F2N9O4. The van der Waals surface area contributed by atoms with Crippen LogP contribution in [0, 0.1) is 11.6 Å². The van der Waals surface area contributed by atoms with Gasteiger partial charge in [0.2, 0.25) is 0 Å². The van der Waals surface area contributed by atoms with E-state index in [-0.39, 0.29) is 49.9 Å². The monoisotopic (exact) mass is 489 g/mol. The molecular weight excluding hydrogens is 468 g/mol. The molecule has 2 fully saturated rings. The lowest BCUT2D eigenvalue weighted by molar-refractivity contribution is 0.129. The molecule has 5 rings (SSSR count). The fraction of sp³-hybridized carbons (Fsp3) is 0.350. The highest BCUT2D eigenvalue weighted by Gasteiger charge is 2.34. The van der Waals surface area contributed by atoms with Crippen LogP contribution in [-0.2, 0) is 11.3 Å². The van der Waals surface area contributed by atoms with Crippen molar-refractivity contribution in [2.45, 2.75) is 12.6 Å². The van der Waals surface area contributed by atoms with Crippen LogP contribution in [0.3, 0.4) is 0 Å². The SMILES string of the molecule is O=C(Nc1ccon1)N1CCNN(c2c(F)cc(N3C[C@H](Cn4ccnn4)OC3=O)cc2F)CC1. The molecule has 0 bridgehead atoms. The molecule has 3 amide bonds. The quantitative estimate of drug-likeness (QED) is 0.546. The molecule has 0 spiro atoms. The highest BCUT2D eigenvalue weighted by atomic mass is 19.1. The van der Waals surface area contributed by atoms with Crippen LogP contribution in [0.2, 0.25) is 0 Å². The first-order valence-electron chi connectivity index (χ1n) is 10.8. The van der Waals surface area contributed by atoms with Crippen LogP contribution in [0.4, 0.5) is 35.6 Å². The molecule has 35 heavy (non-hydrogen) atoms. The molecule has 0 aliphatic carbocycles. The van der Waals surface area contributed by atoms with Crippen molar-refractivity contribution in [1.82, 2.24) is 30.5 Å². The number of amides is 3. The Labute approximate surface area is 197 Å². The number of rotatable bonds is 5. The Morgan fingerprint density at radius 1 is 1.23 bits per heavy atom. The number of aromatic nitrogens is 4. The summed E-state index contributed by atoms with van der Waals surface area (Å²) in [4.78, 5) is 27.4. The Morgan fingerprint density at radius 2 is 2.06 bits per heavy atom. The molecule has 3 aromatic rings. The van der Waals surface area contributed by atoms with Crippen LogP contribution in [0.25, 0.3) is 0 Å². The normalized spacial score (nSPS) is 18.5. The first-order valence-corrected chi connectivity index (χ1v) is 10.8. The van der Waals surface area contributed by atoms with Gasteiger partial charge in [0, 0.05) is 44.0 Å². The molecule has 0 saturated carbocycles. The van der Waals surface area contributed by atoms with Crippen LogP contribution < -0.4 is 20.7 Å². The maximum Gasteiger partial charge on any atom is 0.414 e. The lowest BCUT2D eigenvalue weighted by atomic mass is 10.2. The molecule has 0 radical (unpaired) electrons. The van der Waals surface area contributed by atoms with Gasteiger partial charge in [-0.1, -0.05) is 10.4 Å². The van der Waals surface area contributed by atoms with Gasteiger partial charge in [0.15, 0.2) is 17.5 Å². The first-order chi connectivity index (χ1) is 17.0. The summed E-state index contributed by atoms with van der Waals surface area (Å²) in [5.41, 5.74) is 2.66. The van der Waals surface area contributed by atoms with Crippen LogP contribution in [0.5, 0.6) is 0 Å². The van der Waals surface area contributed by atoms with E-state index in [1.807, 2.05) is 0 Å². The van der Waals surface area contributed by atoms with Gasteiger partial charge in [-0.15, -0.1) is 5.10 Å². The molecule has 13 nitrogen and oxygen atoms in total. The van der Waals surface area contributed by atoms with Gasteiger partial charge in [-0.05, 0) is 0 Å². The van der Waals surface area contributed by atoms with Gasteiger partial charge in [0.25, 0.3) is 0 Å². The molecule has 15 heteroatoms. The average Bonchev–Trinajstić information content (AvgIpc) is 3.55. The number of benzene rings is 1. The number of nitrogens with zero attached hydrogens (tertiary/aromatic N) is 7. The molecule has 2 N–H and O–H groups in total. The van der Waals surface area contributed by atoms with Crippen molar-refractivity contribution >= 4 is 29.3 Å². The standard InChI is InChI=1S/C20H21F2N9O4/c21-15-9-13(30-12-14(35-20(30)33)11-29-5-2-23-27-29)10-16(22)18(15)31-7-6-28(4-3-24-31)19(32)25-17-1-8-34-26-17/h1-2,5,8-10,14,24H,3-4,6-7,11-12H2,(H,25,26,32)/t14-/m0/s1. The predicted molar refractivity (Wildman–Crippen MR) is 116 cm³/mol. The van der Waals surface area contributed by atoms with Gasteiger partial charge in [-0.25, -0.2) is 28.5 Å². The predicted octanol–water partition coefficient (Wildman–Crippen LogP) is 1.43. The summed E-state index contributed by atoms with van der Waals surface area (Å²) in [5.74, 6) is -1.46. The van der Waals surface area contributed by atoms with E-state index in [1.54, 1.807) is 6.20 Å². The highest BCUT2D eigenvalue weighted by Crippen LogP contribution is 2.31. The van der Waals surface area contributed by atoms with Crippen molar-refractivity contribution < 1.29 is 27.6 Å². The molecule has 1 atom stereocenters. The number of hydrazine groups is 1. The number of halogens is 2. The van der Waals surface area contributed by atoms with Crippen molar-refractivity contribution in [3.05, 3.63) is 48.5 Å². The van der Waals surface area contributed by atoms with E-state index in [0.717, 1.165) is 12.1 Å². The van der Waals surface area contributed by atoms with E-state index in [4.69, 9.17) is 4.74 Å². The Balaban J connectivity index is 1.25. The second-order valence-electron chi connectivity index (χ2n) is 7.86. The summed E-state index contributed by atoms with van der Waals surface area (Å²) < 4.78 is 41.7. The van der Waals surface area contributed by atoms with E-state index in [0.29, 0.717) is 6.54 Å². The molecule has 2 aliphatic heterocycles. The minimum Gasteiger partial charge on any atom is -0.442 e. The number of ether oxygens (including phenoxy) is 1. The topological polar surface area (TPSA) is 134 Å². The molecule has 0 unspecified atom stereocenters. The smallest absolute Gasteiger partial charge is 0.414 e. The zero-order valence-corrected chi connectivity index (χ0v) is 18.3. The van der Waals surface area contributed by atoms with E-state index in [1.165, 1.54) is 38.0 Å². The Bertz CT molecular complexity index is 1170. The molecule has 4 heterocycles. The summed E-state index contributed by atoms with van der Waals surface area (Å²) in [6.07, 6.45) is 3.20. The molecule has 2 aromatic heterocycles. The van der Waals surface area contributed by atoms with Crippen molar-refractivity contribution in [3.8, 4) is 0 Å². The number of hydrogen-bond donors (Lipinski definition) is 2. The Hall–Kier alpha value is -4.27. The largest absolute Gasteiger partial charge is 0.442 e. The third-order valence-electron chi connectivity index (χ3n) is 5.56. The highest BCUT2D eigenvalue weighted by molar-refractivity contribution is 5.90. The summed E-state index contributed by atoms with van der Waals surface area (Å²) in [7, 11) is 0. The van der Waals surface area contributed by atoms with Gasteiger partial charge >= 0.3 is 12.1 Å². The Kier molecular flexibility index (Phi) is 6.13. The zero-order chi connectivity index (χ0) is 24.4. The summed E-state index contributed by atoms with van der Waals surface area (Å²) >= 11 is 0. The van der Waals surface area contributed by atoms with Gasteiger partial charge in [-0.2, -0.15) is 0 Å². The van der Waals surface area contributed by atoms with Crippen LogP contribution in [0.15, 0.2) is 41.4 Å². The third kappa shape index (κ3) is 4.84. The second kappa shape index (κ2) is 9.54. The van der Waals surface area contributed by atoms with E-state index in [9.17, 15) is 9.59 Å². The van der Waals surface area contributed by atoms with Crippen LogP contribution in [0.1, 0.15) is 0 Å². The maximum atomic E-state index is 15.1. The number of nitrogens with one attached hydrogen (secondary N) is 2. The number of hydrogen-bond acceptors (Lipinski definition) is 9. The Morgan fingerprint density at radius 3 is 2.77 bits per heavy atom. The summed E-state index contributed by atoms with van der Waals surface area (Å²) in [6, 6.07) is 3.25. The molecule has 2 aliphatic rings. The van der Waals surface area contributed by atoms with Gasteiger partial charge < -0.3 is 19.2 Å². The number of carbonyl (C=O) groups excluding carboxylic acids is 2. The van der Waals surface area contributed by atoms with E-state index >= 15 is 8.78 Å². The van der Waals surface area contributed by atoms with Gasteiger partial charge in [-0.3, -0.25) is 10.2 Å².